The summed E-state index contributed by atoms with van der Waals surface area (Å²) in [6.07, 6.45) is 1.37. The molecule has 0 bridgehead atoms. The standard InChI is InChI=1S/C21H22N2O3/c1-15-6-8-16(9-7-15)20(25)23-12-10-21(11-13-23)14-26-18-5-3-2-4-17(18)19(24)22-21/h2-9H,10-14H2,1H3,(H,22,24). The molecule has 1 saturated heterocycles. The highest BCUT2D eigenvalue weighted by atomic mass is 16.5. The Balaban J connectivity index is 1.46. The summed E-state index contributed by atoms with van der Waals surface area (Å²) in [6.45, 7) is 3.65. The predicted octanol–water partition coefficient (Wildman–Crippen LogP) is 2.79. The van der Waals surface area contributed by atoms with Gasteiger partial charge < -0.3 is 15.0 Å². The number of nitrogens with one attached hydrogen (secondary N) is 1. The van der Waals surface area contributed by atoms with E-state index in [0.717, 1.165) is 5.56 Å². The molecule has 2 aromatic rings. The molecule has 0 atom stereocenters. The van der Waals surface area contributed by atoms with Crippen LogP contribution in [0.15, 0.2) is 48.5 Å². The number of likely N-dealkylation sites (tertiary alicyclic amines) is 1. The van der Waals surface area contributed by atoms with Gasteiger partial charge in [-0.25, -0.2) is 0 Å². The van der Waals surface area contributed by atoms with Crippen LogP contribution in [0, 0.1) is 6.92 Å². The van der Waals surface area contributed by atoms with E-state index in [-0.39, 0.29) is 11.8 Å². The molecule has 0 unspecified atom stereocenters. The Morgan fingerprint density at radius 2 is 1.77 bits per heavy atom. The van der Waals surface area contributed by atoms with Gasteiger partial charge in [-0.2, -0.15) is 0 Å². The van der Waals surface area contributed by atoms with Gasteiger partial charge in [-0.3, -0.25) is 9.59 Å². The molecule has 1 N–H and O–H groups in total. The highest BCUT2D eigenvalue weighted by Gasteiger charge is 2.40. The summed E-state index contributed by atoms with van der Waals surface area (Å²) in [5.41, 5.74) is 2.00. The van der Waals surface area contributed by atoms with Crippen molar-refractivity contribution < 1.29 is 14.3 Å². The second kappa shape index (κ2) is 6.48. The van der Waals surface area contributed by atoms with Gasteiger partial charge in [-0.05, 0) is 44.0 Å². The average Bonchev–Trinajstić information content (AvgIpc) is 2.80. The van der Waals surface area contributed by atoms with Gasteiger partial charge in [0.15, 0.2) is 0 Å². The Labute approximate surface area is 153 Å². The average molecular weight is 350 g/mol. The summed E-state index contributed by atoms with van der Waals surface area (Å²) in [6, 6.07) is 15.0. The maximum absolute atomic E-state index is 12.7. The molecule has 0 aromatic heterocycles. The van der Waals surface area contributed by atoms with Crippen molar-refractivity contribution in [3.8, 4) is 5.75 Å². The maximum atomic E-state index is 12.7. The third kappa shape index (κ3) is 3.05. The fraction of sp³-hybridized carbons (Fsp3) is 0.333. The first-order valence-corrected chi connectivity index (χ1v) is 8.97. The summed E-state index contributed by atoms with van der Waals surface area (Å²) >= 11 is 0. The Bertz CT molecular complexity index is 837. The molecule has 26 heavy (non-hydrogen) atoms. The molecule has 0 saturated carbocycles. The number of benzene rings is 2. The third-order valence-corrected chi connectivity index (χ3v) is 5.32. The number of rotatable bonds is 1. The zero-order chi connectivity index (χ0) is 18.1. The fourth-order valence-electron chi connectivity index (χ4n) is 3.63. The summed E-state index contributed by atoms with van der Waals surface area (Å²) in [5, 5.41) is 3.16. The maximum Gasteiger partial charge on any atom is 0.255 e. The SMILES string of the molecule is Cc1ccc(C(=O)N2CCC3(CC2)COc2ccccc2C(=O)N3)cc1. The molecule has 2 aromatic carbocycles. The van der Waals surface area contributed by atoms with Gasteiger partial charge in [-0.15, -0.1) is 0 Å². The van der Waals surface area contributed by atoms with E-state index in [0.29, 0.717) is 49.4 Å². The van der Waals surface area contributed by atoms with Crippen LogP contribution in [0.5, 0.6) is 5.75 Å². The second-order valence-electron chi connectivity index (χ2n) is 7.18. The first-order chi connectivity index (χ1) is 12.6. The van der Waals surface area contributed by atoms with E-state index >= 15 is 0 Å². The molecule has 4 rings (SSSR count). The van der Waals surface area contributed by atoms with Crippen LogP contribution < -0.4 is 10.1 Å². The minimum absolute atomic E-state index is 0.0454. The lowest BCUT2D eigenvalue weighted by Gasteiger charge is -2.41. The number of nitrogens with zero attached hydrogens (tertiary/aromatic N) is 1. The van der Waals surface area contributed by atoms with Gasteiger partial charge in [0.1, 0.15) is 12.4 Å². The normalized spacial score (nSPS) is 18.5. The smallest absolute Gasteiger partial charge is 0.255 e. The second-order valence-corrected chi connectivity index (χ2v) is 7.18. The van der Waals surface area contributed by atoms with Crippen LogP contribution >= 0.6 is 0 Å². The first kappa shape index (κ1) is 16.6. The molecule has 5 heteroatoms. The number of hydrogen-bond acceptors (Lipinski definition) is 3. The lowest BCUT2D eigenvalue weighted by atomic mass is 9.87. The number of aryl methyl sites for hydroxylation is 1. The van der Waals surface area contributed by atoms with Gasteiger partial charge >= 0.3 is 0 Å². The van der Waals surface area contributed by atoms with Gasteiger partial charge in [0.25, 0.3) is 11.8 Å². The third-order valence-electron chi connectivity index (χ3n) is 5.32. The lowest BCUT2D eigenvalue weighted by molar-refractivity contribution is 0.0555. The molecule has 0 aliphatic carbocycles. The number of piperidine rings is 1. The van der Waals surface area contributed by atoms with E-state index in [2.05, 4.69) is 5.32 Å². The predicted molar refractivity (Wildman–Crippen MR) is 98.5 cm³/mol. The molecule has 134 valence electrons. The number of carbonyl (C=O) groups is 2. The summed E-state index contributed by atoms with van der Waals surface area (Å²) < 4.78 is 5.92. The number of fused-ring (bicyclic) bond motifs is 1. The zero-order valence-corrected chi connectivity index (χ0v) is 14.8. The van der Waals surface area contributed by atoms with Crippen molar-refractivity contribution in [2.75, 3.05) is 19.7 Å². The minimum Gasteiger partial charge on any atom is -0.490 e. The van der Waals surface area contributed by atoms with Crippen LogP contribution in [0.2, 0.25) is 0 Å². The fourth-order valence-corrected chi connectivity index (χ4v) is 3.63. The van der Waals surface area contributed by atoms with Crippen molar-refractivity contribution in [1.29, 1.82) is 0 Å². The van der Waals surface area contributed by atoms with Gasteiger partial charge in [-0.1, -0.05) is 29.8 Å². The van der Waals surface area contributed by atoms with E-state index in [1.807, 2.05) is 54.3 Å². The summed E-state index contributed by atoms with van der Waals surface area (Å²) in [4.78, 5) is 27.1. The van der Waals surface area contributed by atoms with Gasteiger partial charge in [0.2, 0.25) is 0 Å². The van der Waals surface area contributed by atoms with Crippen molar-refractivity contribution >= 4 is 11.8 Å². The molecule has 2 amide bonds. The molecular weight excluding hydrogens is 328 g/mol. The molecule has 1 spiro atoms. The van der Waals surface area contributed by atoms with Crippen LogP contribution in [0.1, 0.15) is 39.1 Å². The number of para-hydroxylation sites is 1. The van der Waals surface area contributed by atoms with Crippen LogP contribution in [0.25, 0.3) is 0 Å². The van der Waals surface area contributed by atoms with Crippen molar-refractivity contribution in [3.05, 3.63) is 65.2 Å². The number of carbonyl (C=O) groups excluding carboxylic acids is 2. The molecule has 2 aliphatic heterocycles. The lowest BCUT2D eigenvalue weighted by Crippen LogP contribution is -2.58. The molecule has 2 aliphatic rings. The molecule has 5 nitrogen and oxygen atoms in total. The summed E-state index contributed by atoms with van der Waals surface area (Å²) in [5.74, 6) is 0.570. The van der Waals surface area contributed by atoms with Crippen LogP contribution in [-0.2, 0) is 0 Å². The number of hydrogen-bond donors (Lipinski definition) is 1. The monoisotopic (exact) mass is 350 g/mol. The largest absolute Gasteiger partial charge is 0.490 e. The first-order valence-electron chi connectivity index (χ1n) is 8.97. The van der Waals surface area contributed by atoms with Crippen LogP contribution in [0.4, 0.5) is 0 Å². The van der Waals surface area contributed by atoms with Crippen molar-refractivity contribution in [3.63, 3.8) is 0 Å². The number of amides is 2. The van der Waals surface area contributed by atoms with Crippen molar-refractivity contribution in [2.45, 2.75) is 25.3 Å². The van der Waals surface area contributed by atoms with Crippen LogP contribution in [0.3, 0.4) is 0 Å². The quantitative estimate of drug-likeness (QED) is 0.860. The molecule has 1 fully saturated rings. The molecule has 2 heterocycles. The van der Waals surface area contributed by atoms with Crippen LogP contribution in [-0.4, -0.2) is 41.9 Å². The highest BCUT2D eigenvalue weighted by molar-refractivity contribution is 5.98. The van der Waals surface area contributed by atoms with E-state index in [4.69, 9.17) is 4.74 Å². The Hall–Kier alpha value is -2.82. The van der Waals surface area contributed by atoms with E-state index < -0.39 is 5.54 Å². The van der Waals surface area contributed by atoms with Gasteiger partial charge in [0, 0.05) is 18.7 Å². The van der Waals surface area contributed by atoms with E-state index in [1.54, 1.807) is 6.07 Å². The Morgan fingerprint density at radius 3 is 2.50 bits per heavy atom. The highest BCUT2D eigenvalue weighted by Crippen LogP contribution is 2.30. The number of ether oxygens (including phenoxy) is 1. The zero-order valence-electron chi connectivity index (χ0n) is 14.8. The molecular formula is C21H22N2O3. The van der Waals surface area contributed by atoms with E-state index in [9.17, 15) is 9.59 Å². The molecule has 0 radical (unpaired) electrons. The van der Waals surface area contributed by atoms with Crippen molar-refractivity contribution in [1.82, 2.24) is 10.2 Å². The Morgan fingerprint density at radius 1 is 1.08 bits per heavy atom. The summed E-state index contributed by atoms with van der Waals surface area (Å²) in [7, 11) is 0. The Kier molecular flexibility index (Phi) is 4.15. The van der Waals surface area contributed by atoms with Gasteiger partial charge in [0.05, 0.1) is 11.1 Å². The minimum atomic E-state index is -0.417. The van der Waals surface area contributed by atoms with Crippen molar-refractivity contribution in [2.24, 2.45) is 0 Å². The topological polar surface area (TPSA) is 58.6 Å². The van der Waals surface area contributed by atoms with E-state index in [1.165, 1.54) is 0 Å².